The summed E-state index contributed by atoms with van der Waals surface area (Å²) in [6.07, 6.45) is -0.0746. The minimum absolute atomic E-state index is 0.0689. The zero-order chi connectivity index (χ0) is 25.7. The molecule has 5 rings (SSSR count). The standard InChI is InChI=1S/C25H21F4N3O4/c26-21-9-15(25(27,28)29)1-4-20(21)24(6-7-24)23(35)31-16-2-3-18(19(10-16)22(33)34)14-11-30-32(12-14)17-5-8-36-13-17/h1-4,9-12,17H,5-8,13H2,(H,31,35)(H,33,34). The molecule has 36 heavy (non-hydrogen) atoms. The predicted octanol–water partition coefficient (Wildman–Crippen LogP) is 5.04. The number of alkyl halides is 3. The summed E-state index contributed by atoms with van der Waals surface area (Å²) in [5, 5.41) is 16.7. The Kier molecular flexibility index (Phi) is 5.82. The molecule has 1 aliphatic heterocycles. The number of hydrogen-bond donors (Lipinski definition) is 2. The van der Waals surface area contributed by atoms with Gasteiger partial charge in [-0.15, -0.1) is 0 Å². The number of nitrogens with one attached hydrogen (secondary N) is 1. The fourth-order valence-electron chi connectivity index (χ4n) is 4.53. The Hall–Kier alpha value is -3.73. The Balaban J connectivity index is 1.39. The van der Waals surface area contributed by atoms with Crippen molar-refractivity contribution in [1.29, 1.82) is 0 Å². The molecule has 11 heteroatoms. The van der Waals surface area contributed by atoms with E-state index in [2.05, 4.69) is 10.4 Å². The highest BCUT2D eigenvalue weighted by atomic mass is 19.4. The van der Waals surface area contributed by atoms with E-state index in [1.807, 2.05) is 0 Å². The first-order valence-electron chi connectivity index (χ1n) is 11.3. The highest BCUT2D eigenvalue weighted by molar-refractivity contribution is 6.03. The van der Waals surface area contributed by atoms with Gasteiger partial charge in [0.1, 0.15) is 5.82 Å². The molecule has 1 saturated carbocycles. The van der Waals surface area contributed by atoms with Crippen molar-refractivity contribution in [2.45, 2.75) is 36.9 Å². The van der Waals surface area contributed by atoms with Crippen LogP contribution in [0, 0.1) is 5.82 Å². The molecule has 7 nitrogen and oxygen atoms in total. The molecule has 1 amide bonds. The molecular weight excluding hydrogens is 482 g/mol. The van der Waals surface area contributed by atoms with Crippen molar-refractivity contribution in [2.75, 3.05) is 18.5 Å². The number of ether oxygens (including phenoxy) is 1. The maximum absolute atomic E-state index is 14.6. The maximum atomic E-state index is 14.6. The minimum Gasteiger partial charge on any atom is -0.478 e. The highest BCUT2D eigenvalue weighted by Crippen LogP contribution is 2.50. The first kappa shape index (κ1) is 24.0. The van der Waals surface area contributed by atoms with Gasteiger partial charge >= 0.3 is 12.1 Å². The molecule has 0 radical (unpaired) electrons. The van der Waals surface area contributed by atoms with Gasteiger partial charge in [-0.1, -0.05) is 12.1 Å². The lowest BCUT2D eigenvalue weighted by molar-refractivity contribution is -0.137. The molecule has 0 bridgehead atoms. The van der Waals surface area contributed by atoms with Gasteiger partial charge in [-0.25, -0.2) is 9.18 Å². The van der Waals surface area contributed by atoms with Crippen molar-refractivity contribution in [2.24, 2.45) is 0 Å². The highest BCUT2D eigenvalue weighted by Gasteiger charge is 2.53. The van der Waals surface area contributed by atoms with Crippen LogP contribution < -0.4 is 5.32 Å². The van der Waals surface area contributed by atoms with Gasteiger partial charge in [-0.3, -0.25) is 9.48 Å². The van der Waals surface area contributed by atoms with E-state index in [0.717, 1.165) is 18.6 Å². The van der Waals surface area contributed by atoms with E-state index < -0.39 is 34.8 Å². The van der Waals surface area contributed by atoms with Crippen LogP contribution in [0.15, 0.2) is 48.8 Å². The second kappa shape index (κ2) is 8.74. The van der Waals surface area contributed by atoms with Crippen LogP contribution in [0.2, 0.25) is 0 Å². The number of carbonyl (C=O) groups excluding carboxylic acids is 1. The van der Waals surface area contributed by atoms with Crippen molar-refractivity contribution in [3.63, 3.8) is 0 Å². The fraction of sp³-hybridized carbons (Fsp3) is 0.320. The first-order valence-corrected chi connectivity index (χ1v) is 11.3. The number of amides is 1. The normalized spacial score (nSPS) is 18.7. The number of hydrogen-bond acceptors (Lipinski definition) is 4. The van der Waals surface area contributed by atoms with Crippen molar-refractivity contribution in [3.8, 4) is 11.1 Å². The molecule has 2 aliphatic rings. The second-order valence-corrected chi connectivity index (χ2v) is 9.02. The summed E-state index contributed by atoms with van der Waals surface area (Å²) in [7, 11) is 0. The molecule has 2 N–H and O–H groups in total. The Labute approximate surface area is 202 Å². The zero-order valence-electron chi connectivity index (χ0n) is 18.8. The van der Waals surface area contributed by atoms with Crippen LogP contribution >= 0.6 is 0 Å². The van der Waals surface area contributed by atoms with Crippen LogP contribution in [0.3, 0.4) is 0 Å². The third kappa shape index (κ3) is 4.34. The Morgan fingerprint density at radius 2 is 1.94 bits per heavy atom. The van der Waals surface area contributed by atoms with E-state index in [9.17, 15) is 32.3 Å². The number of halogens is 4. The SMILES string of the molecule is O=C(O)c1cc(NC(=O)C2(c3ccc(C(F)(F)F)cc3F)CC2)ccc1-c1cnn(C2CCOC2)c1. The van der Waals surface area contributed by atoms with Crippen LogP contribution in [0.5, 0.6) is 0 Å². The van der Waals surface area contributed by atoms with Crippen molar-refractivity contribution >= 4 is 17.6 Å². The van der Waals surface area contributed by atoms with Gasteiger partial charge in [0.25, 0.3) is 0 Å². The molecule has 1 saturated heterocycles. The third-order valence-corrected chi connectivity index (χ3v) is 6.70. The Bertz CT molecular complexity index is 1340. The van der Waals surface area contributed by atoms with E-state index in [4.69, 9.17) is 4.74 Å². The van der Waals surface area contributed by atoms with Crippen LogP contribution in [0.1, 0.15) is 46.8 Å². The minimum atomic E-state index is -4.70. The fourth-order valence-corrected chi connectivity index (χ4v) is 4.53. The van der Waals surface area contributed by atoms with Crippen molar-refractivity contribution < 1.29 is 37.0 Å². The number of carbonyl (C=O) groups is 2. The molecule has 3 aromatic rings. The van der Waals surface area contributed by atoms with Crippen molar-refractivity contribution in [1.82, 2.24) is 9.78 Å². The van der Waals surface area contributed by atoms with Gasteiger partial charge < -0.3 is 15.2 Å². The Morgan fingerprint density at radius 1 is 1.17 bits per heavy atom. The lowest BCUT2D eigenvalue weighted by atomic mass is 9.93. The molecule has 1 atom stereocenters. The molecule has 1 aliphatic carbocycles. The van der Waals surface area contributed by atoms with E-state index in [-0.39, 0.29) is 35.7 Å². The number of carboxylic acids is 1. The number of aromatic carboxylic acids is 1. The van der Waals surface area contributed by atoms with Crippen LogP contribution in [0.4, 0.5) is 23.2 Å². The summed E-state index contributed by atoms with van der Waals surface area (Å²) < 4.78 is 60.3. The van der Waals surface area contributed by atoms with Gasteiger partial charge in [0, 0.05) is 29.6 Å². The molecule has 1 unspecified atom stereocenters. The molecular formula is C25H21F4N3O4. The van der Waals surface area contributed by atoms with Crippen molar-refractivity contribution in [3.05, 3.63) is 71.3 Å². The molecule has 0 spiro atoms. The molecule has 2 aromatic carbocycles. The average Bonchev–Trinajstić information content (AvgIpc) is 3.21. The summed E-state index contributed by atoms with van der Waals surface area (Å²) in [5.74, 6) is -2.93. The number of benzene rings is 2. The zero-order valence-corrected chi connectivity index (χ0v) is 18.8. The maximum Gasteiger partial charge on any atom is 0.416 e. The summed E-state index contributed by atoms with van der Waals surface area (Å²) >= 11 is 0. The van der Waals surface area contributed by atoms with Crippen LogP contribution in [-0.4, -0.2) is 40.0 Å². The smallest absolute Gasteiger partial charge is 0.416 e. The number of carboxylic acid groups (broad SMARTS) is 1. The molecule has 1 aromatic heterocycles. The third-order valence-electron chi connectivity index (χ3n) is 6.70. The summed E-state index contributed by atoms with van der Waals surface area (Å²) in [4.78, 5) is 25.0. The lowest BCUT2D eigenvalue weighted by Crippen LogP contribution is -2.29. The van der Waals surface area contributed by atoms with E-state index in [1.165, 1.54) is 12.1 Å². The first-order chi connectivity index (χ1) is 17.1. The quantitative estimate of drug-likeness (QED) is 0.460. The second-order valence-electron chi connectivity index (χ2n) is 9.02. The van der Waals surface area contributed by atoms with Gasteiger partial charge in [0.2, 0.25) is 5.91 Å². The topological polar surface area (TPSA) is 93.5 Å². The monoisotopic (exact) mass is 503 g/mol. The summed E-state index contributed by atoms with van der Waals surface area (Å²) in [6.45, 7) is 1.16. The van der Waals surface area contributed by atoms with Gasteiger partial charge in [-0.2, -0.15) is 18.3 Å². The molecule has 188 valence electrons. The predicted molar refractivity (Wildman–Crippen MR) is 120 cm³/mol. The van der Waals surface area contributed by atoms with Gasteiger partial charge in [0.15, 0.2) is 0 Å². The van der Waals surface area contributed by atoms with E-state index >= 15 is 0 Å². The average molecular weight is 503 g/mol. The summed E-state index contributed by atoms with van der Waals surface area (Å²) in [6, 6.07) is 6.57. The van der Waals surface area contributed by atoms with Crippen LogP contribution in [-0.2, 0) is 21.1 Å². The number of anilines is 1. The van der Waals surface area contributed by atoms with Gasteiger partial charge in [0.05, 0.1) is 35.4 Å². The van der Waals surface area contributed by atoms with Gasteiger partial charge in [-0.05, 0) is 49.1 Å². The lowest BCUT2D eigenvalue weighted by Gasteiger charge is -2.18. The van der Waals surface area contributed by atoms with E-state index in [0.29, 0.717) is 30.4 Å². The number of aromatic nitrogens is 2. The Morgan fingerprint density at radius 3 is 2.56 bits per heavy atom. The molecule has 2 fully saturated rings. The van der Waals surface area contributed by atoms with Crippen LogP contribution in [0.25, 0.3) is 11.1 Å². The number of nitrogens with zero attached hydrogens (tertiary/aromatic N) is 2. The largest absolute Gasteiger partial charge is 0.478 e. The number of rotatable bonds is 6. The van der Waals surface area contributed by atoms with E-state index in [1.54, 1.807) is 23.1 Å². The summed E-state index contributed by atoms with van der Waals surface area (Å²) in [5.41, 5.74) is -1.46. The molecule has 2 heterocycles.